The maximum absolute atomic E-state index is 12.0. The zero-order valence-corrected chi connectivity index (χ0v) is 12.8. The average Bonchev–Trinajstić information content (AvgIpc) is 2.63. The van der Waals surface area contributed by atoms with Gasteiger partial charge in [0.25, 0.3) is 0 Å². The van der Waals surface area contributed by atoms with Crippen LogP contribution in [0, 0.1) is 0 Å². The van der Waals surface area contributed by atoms with Crippen molar-refractivity contribution in [1.82, 2.24) is 16.0 Å². The molecule has 110 valence electrons. The van der Waals surface area contributed by atoms with Crippen molar-refractivity contribution in [2.75, 3.05) is 0 Å². The third-order valence-electron chi connectivity index (χ3n) is 4.22. The van der Waals surface area contributed by atoms with Crippen molar-refractivity contribution in [2.24, 2.45) is 0 Å². The van der Waals surface area contributed by atoms with E-state index in [1.807, 2.05) is 0 Å². The lowest BCUT2D eigenvalue weighted by atomic mass is 9.80. The first-order valence-electron chi connectivity index (χ1n) is 7.62. The van der Waals surface area contributed by atoms with Crippen LogP contribution >= 0.6 is 0 Å². The van der Waals surface area contributed by atoms with Gasteiger partial charge >= 0.3 is 6.03 Å². The Morgan fingerprint density at radius 2 is 1.42 bits per heavy atom. The minimum absolute atomic E-state index is 0.0189. The summed E-state index contributed by atoms with van der Waals surface area (Å²) in [6, 6.07) is 0.667. The Labute approximate surface area is 117 Å². The SMILES string of the molecule is CC1(C)CC(NC(=O)NC2CCCC2)CC(C)(C)N1. The first kappa shape index (κ1) is 14.6. The second-order valence-electron chi connectivity index (χ2n) is 7.60. The number of hydrogen-bond donors (Lipinski definition) is 3. The second kappa shape index (κ2) is 5.31. The minimum Gasteiger partial charge on any atom is -0.335 e. The Kier molecular flexibility index (Phi) is 4.09. The number of carbonyl (C=O) groups excluding carboxylic acids is 1. The molecular weight excluding hydrogens is 238 g/mol. The largest absolute Gasteiger partial charge is 0.335 e. The summed E-state index contributed by atoms with van der Waals surface area (Å²) in [6.45, 7) is 8.82. The molecule has 0 atom stereocenters. The molecule has 2 amide bonds. The quantitative estimate of drug-likeness (QED) is 0.720. The molecule has 1 aliphatic carbocycles. The van der Waals surface area contributed by atoms with E-state index in [0.717, 1.165) is 25.7 Å². The molecule has 4 nitrogen and oxygen atoms in total. The highest BCUT2D eigenvalue weighted by Gasteiger charge is 2.38. The molecule has 2 aliphatic rings. The van der Waals surface area contributed by atoms with E-state index in [4.69, 9.17) is 0 Å². The molecule has 2 rings (SSSR count). The van der Waals surface area contributed by atoms with E-state index in [1.165, 1.54) is 12.8 Å². The van der Waals surface area contributed by atoms with Crippen molar-refractivity contribution in [2.45, 2.75) is 89.4 Å². The molecule has 0 aromatic rings. The predicted molar refractivity (Wildman–Crippen MR) is 78.2 cm³/mol. The first-order valence-corrected chi connectivity index (χ1v) is 7.62. The van der Waals surface area contributed by atoms with Gasteiger partial charge in [0.2, 0.25) is 0 Å². The molecule has 19 heavy (non-hydrogen) atoms. The zero-order valence-electron chi connectivity index (χ0n) is 12.8. The van der Waals surface area contributed by atoms with E-state index >= 15 is 0 Å². The van der Waals surface area contributed by atoms with E-state index < -0.39 is 0 Å². The number of amides is 2. The van der Waals surface area contributed by atoms with Crippen molar-refractivity contribution >= 4 is 6.03 Å². The molecule has 0 unspecified atom stereocenters. The minimum atomic E-state index is 0.0189. The van der Waals surface area contributed by atoms with Crippen LogP contribution in [0.4, 0.5) is 4.79 Å². The van der Waals surface area contributed by atoms with Gasteiger partial charge < -0.3 is 16.0 Å². The Bertz CT molecular complexity index is 316. The monoisotopic (exact) mass is 267 g/mol. The van der Waals surface area contributed by atoms with Gasteiger partial charge in [-0.25, -0.2) is 4.79 Å². The molecule has 1 heterocycles. The standard InChI is InChI=1S/C15H29N3O/c1-14(2)9-12(10-15(3,4)18-14)17-13(19)16-11-7-5-6-8-11/h11-12,18H,5-10H2,1-4H3,(H2,16,17,19). The Balaban J connectivity index is 1.85. The highest BCUT2D eigenvalue weighted by Crippen LogP contribution is 2.28. The molecule has 1 saturated heterocycles. The van der Waals surface area contributed by atoms with Gasteiger partial charge in [0.15, 0.2) is 0 Å². The third-order valence-corrected chi connectivity index (χ3v) is 4.22. The fraction of sp³-hybridized carbons (Fsp3) is 0.933. The molecule has 0 bridgehead atoms. The van der Waals surface area contributed by atoms with Gasteiger partial charge in [-0.05, 0) is 53.4 Å². The second-order valence-corrected chi connectivity index (χ2v) is 7.60. The van der Waals surface area contributed by atoms with Gasteiger partial charge in [0.05, 0.1) is 0 Å². The van der Waals surface area contributed by atoms with E-state index in [0.29, 0.717) is 6.04 Å². The Morgan fingerprint density at radius 1 is 0.947 bits per heavy atom. The molecule has 4 heteroatoms. The normalized spacial score (nSPS) is 27.2. The number of hydrogen-bond acceptors (Lipinski definition) is 2. The third kappa shape index (κ3) is 4.37. The van der Waals surface area contributed by atoms with Crippen LogP contribution < -0.4 is 16.0 Å². The van der Waals surface area contributed by atoms with E-state index in [1.54, 1.807) is 0 Å². The van der Waals surface area contributed by atoms with Crippen LogP contribution in [0.15, 0.2) is 0 Å². The van der Waals surface area contributed by atoms with Crippen LogP contribution in [0.5, 0.6) is 0 Å². The first-order chi connectivity index (χ1) is 8.76. The number of urea groups is 1. The van der Waals surface area contributed by atoms with Gasteiger partial charge in [-0.3, -0.25) is 0 Å². The van der Waals surface area contributed by atoms with Crippen LogP contribution in [-0.2, 0) is 0 Å². The van der Waals surface area contributed by atoms with Crippen molar-refractivity contribution in [3.05, 3.63) is 0 Å². The van der Waals surface area contributed by atoms with Crippen LogP contribution in [0.1, 0.15) is 66.2 Å². The lowest BCUT2D eigenvalue weighted by Crippen LogP contribution is -2.63. The van der Waals surface area contributed by atoms with Crippen molar-refractivity contribution in [3.8, 4) is 0 Å². The summed E-state index contributed by atoms with van der Waals surface area (Å²) in [7, 11) is 0. The van der Waals surface area contributed by atoms with Crippen LogP contribution in [0.2, 0.25) is 0 Å². The lowest BCUT2D eigenvalue weighted by molar-refractivity contribution is 0.147. The smallest absolute Gasteiger partial charge is 0.315 e. The molecule has 3 N–H and O–H groups in total. The van der Waals surface area contributed by atoms with Gasteiger partial charge in [-0.1, -0.05) is 12.8 Å². The summed E-state index contributed by atoms with van der Waals surface area (Å²) in [5.74, 6) is 0. The van der Waals surface area contributed by atoms with Crippen LogP contribution in [-0.4, -0.2) is 29.2 Å². The van der Waals surface area contributed by atoms with Crippen molar-refractivity contribution < 1.29 is 4.79 Å². The molecule has 2 fully saturated rings. The van der Waals surface area contributed by atoms with Crippen molar-refractivity contribution in [3.63, 3.8) is 0 Å². The van der Waals surface area contributed by atoms with Crippen molar-refractivity contribution in [1.29, 1.82) is 0 Å². The fourth-order valence-corrected chi connectivity index (χ4v) is 3.91. The molecule has 0 aromatic heterocycles. The van der Waals surface area contributed by atoms with Gasteiger partial charge in [-0.2, -0.15) is 0 Å². The van der Waals surface area contributed by atoms with Crippen LogP contribution in [0.25, 0.3) is 0 Å². The number of piperidine rings is 1. The molecule has 0 aromatic carbocycles. The molecule has 1 saturated carbocycles. The fourth-order valence-electron chi connectivity index (χ4n) is 3.91. The topological polar surface area (TPSA) is 53.2 Å². The Hall–Kier alpha value is -0.770. The molecular formula is C15H29N3O. The highest BCUT2D eigenvalue weighted by atomic mass is 16.2. The summed E-state index contributed by atoms with van der Waals surface area (Å²) >= 11 is 0. The molecule has 0 radical (unpaired) electrons. The maximum atomic E-state index is 12.0. The van der Waals surface area contributed by atoms with E-state index in [9.17, 15) is 4.79 Å². The molecule has 1 aliphatic heterocycles. The summed E-state index contributed by atoms with van der Waals surface area (Å²) in [5.41, 5.74) is 0.153. The van der Waals surface area contributed by atoms with Gasteiger partial charge in [0, 0.05) is 23.2 Å². The number of nitrogens with one attached hydrogen (secondary N) is 3. The predicted octanol–water partition coefficient (Wildman–Crippen LogP) is 2.54. The maximum Gasteiger partial charge on any atom is 0.315 e. The average molecular weight is 267 g/mol. The lowest BCUT2D eigenvalue weighted by Gasteiger charge is -2.46. The van der Waals surface area contributed by atoms with Gasteiger partial charge in [0.1, 0.15) is 0 Å². The summed E-state index contributed by atoms with van der Waals surface area (Å²) < 4.78 is 0. The molecule has 0 spiro atoms. The van der Waals surface area contributed by atoms with Gasteiger partial charge in [-0.15, -0.1) is 0 Å². The number of rotatable bonds is 2. The Morgan fingerprint density at radius 3 is 1.95 bits per heavy atom. The zero-order chi connectivity index (χ0) is 14.1. The summed E-state index contributed by atoms with van der Waals surface area (Å²) in [6.07, 6.45) is 6.73. The summed E-state index contributed by atoms with van der Waals surface area (Å²) in [5, 5.41) is 9.91. The van der Waals surface area contributed by atoms with E-state index in [2.05, 4.69) is 43.6 Å². The highest BCUT2D eigenvalue weighted by molar-refractivity contribution is 5.74. The number of carbonyl (C=O) groups is 1. The summed E-state index contributed by atoms with van der Waals surface area (Å²) in [4.78, 5) is 12.0. The van der Waals surface area contributed by atoms with E-state index in [-0.39, 0.29) is 23.2 Å². The van der Waals surface area contributed by atoms with Crippen LogP contribution in [0.3, 0.4) is 0 Å².